The standard InChI is InChI=1S/C10H14.2C9H13N.C9H16/c1-10(2,3)9-7-5-4-6-8-9;1-9(2,3)8-5-4-6-10-7-8;1-9(2,3)8-6-4-5-7-10-8;1-8(2,3)9-4-7(5-9)6-9/h4-8H,1-3H3;2*4-7H,1-3H3;7H,4-6H2,1-3H3. The zero-order valence-electron chi connectivity index (χ0n) is 27.1. The van der Waals surface area contributed by atoms with Crippen LogP contribution in [0, 0.1) is 16.7 Å². The van der Waals surface area contributed by atoms with Crippen molar-refractivity contribution in [3.63, 3.8) is 0 Å². The third-order valence-corrected chi connectivity index (χ3v) is 8.23. The van der Waals surface area contributed by atoms with Crippen LogP contribution in [-0.2, 0) is 16.2 Å². The van der Waals surface area contributed by atoms with E-state index in [9.17, 15) is 0 Å². The minimum Gasteiger partial charge on any atom is -0.264 e. The van der Waals surface area contributed by atoms with Crippen LogP contribution in [0.2, 0.25) is 0 Å². The molecule has 0 N–H and O–H groups in total. The van der Waals surface area contributed by atoms with Gasteiger partial charge in [0.1, 0.15) is 0 Å². The maximum atomic E-state index is 4.25. The van der Waals surface area contributed by atoms with Gasteiger partial charge in [0.05, 0.1) is 0 Å². The molecule has 6 rings (SSSR count). The summed E-state index contributed by atoms with van der Waals surface area (Å²) < 4.78 is 0. The first-order valence-corrected chi connectivity index (χ1v) is 14.7. The Morgan fingerprint density at radius 2 is 1.08 bits per heavy atom. The lowest BCUT2D eigenvalue weighted by Gasteiger charge is -2.68. The summed E-state index contributed by atoms with van der Waals surface area (Å²) in [5.74, 6) is 1.14. The normalized spacial score (nSPS) is 19.8. The highest BCUT2D eigenvalue weighted by atomic mass is 14.7. The van der Waals surface area contributed by atoms with Crippen molar-refractivity contribution in [3.05, 3.63) is 96.1 Å². The minimum atomic E-state index is 0.182. The van der Waals surface area contributed by atoms with E-state index in [1.54, 1.807) is 6.20 Å². The van der Waals surface area contributed by atoms with Gasteiger partial charge >= 0.3 is 0 Å². The van der Waals surface area contributed by atoms with E-state index in [-0.39, 0.29) is 10.8 Å². The van der Waals surface area contributed by atoms with Crippen molar-refractivity contribution in [3.8, 4) is 0 Å². The molecule has 3 aliphatic carbocycles. The summed E-state index contributed by atoms with van der Waals surface area (Å²) in [5, 5.41) is 0. The minimum absolute atomic E-state index is 0.182. The van der Waals surface area contributed by atoms with Crippen LogP contribution in [0.1, 0.15) is 119 Å². The average molecular weight is 529 g/mol. The fourth-order valence-corrected chi connectivity index (χ4v) is 4.95. The van der Waals surface area contributed by atoms with Crippen molar-refractivity contribution in [2.75, 3.05) is 0 Å². The number of aromatic nitrogens is 2. The monoisotopic (exact) mass is 528 g/mol. The molecule has 0 radical (unpaired) electrons. The second-order valence-corrected chi connectivity index (χ2v) is 15.6. The predicted octanol–water partition coefficient (Wildman–Crippen LogP) is 10.6. The lowest BCUT2D eigenvalue weighted by Crippen LogP contribution is -2.58. The first-order valence-electron chi connectivity index (χ1n) is 14.7. The van der Waals surface area contributed by atoms with Gasteiger partial charge in [0.2, 0.25) is 0 Å². The summed E-state index contributed by atoms with van der Waals surface area (Å²) in [7, 11) is 0. The Bertz CT molecular complexity index is 955. The molecule has 0 saturated heterocycles. The molecular weight excluding hydrogens is 472 g/mol. The topological polar surface area (TPSA) is 25.8 Å². The second-order valence-electron chi connectivity index (χ2n) is 15.6. The number of hydrogen-bond acceptors (Lipinski definition) is 2. The van der Waals surface area contributed by atoms with E-state index in [1.165, 1.54) is 30.4 Å². The summed E-state index contributed by atoms with van der Waals surface area (Å²) in [6, 6.07) is 20.6. The van der Waals surface area contributed by atoms with Crippen molar-refractivity contribution < 1.29 is 0 Å². The molecule has 2 bridgehead atoms. The van der Waals surface area contributed by atoms with Crippen LogP contribution in [-0.4, -0.2) is 9.97 Å². The van der Waals surface area contributed by atoms with Crippen LogP contribution in [0.3, 0.4) is 0 Å². The van der Waals surface area contributed by atoms with Crippen molar-refractivity contribution in [2.45, 2.75) is 119 Å². The third kappa shape index (κ3) is 9.89. The van der Waals surface area contributed by atoms with Gasteiger partial charge in [-0.05, 0) is 76.2 Å². The molecule has 3 fully saturated rings. The van der Waals surface area contributed by atoms with Gasteiger partial charge in [-0.25, -0.2) is 0 Å². The Hall–Kier alpha value is -2.48. The summed E-state index contributed by atoms with van der Waals surface area (Å²) in [4.78, 5) is 8.30. The summed E-state index contributed by atoms with van der Waals surface area (Å²) in [5.41, 5.74) is 5.94. The number of nitrogens with zero attached hydrogens (tertiary/aromatic N) is 2. The Morgan fingerprint density at radius 3 is 1.31 bits per heavy atom. The predicted molar refractivity (Wildman–Crippen MR) is 170 cm³/mol. The third-order valence-electron chi connectivity index (χ3n) is 8.23. The fourth-order valence-electron chi connectivity index (χ4n) is 4.95. The Balaban J connectivity index is 0.000000182. The van der Waals surface area contributed by atoms with E-state index in [4.69, 9.17) is 0 Å². The van der Waals surface area contributed by atoms with Crippen LogP contribution in [0.4, 0.5) is 0 Å². The highest BCUT2D eigenvalue weighted by Crippen LogP contribution is 2.71. The zero-order chi connectivity index (χ0) is 29.5. The molecule has 1 aromatic carbocycles. The SMILES string of the molecule is CC(C)(C)C12CC(C1)C2.CC(C)(C)c1ccccc1.CC(C)(C)c1ccccn1.CC(C)(C)c1cccnc1. The molecule has 2 nitrogen and oxygen atoms in total. The van der Waals surface area contributed by atoms with Crippen molar-refractivity contribution >= 4 is 0 Å². The molecule has 3 saturated carbocycles. The van der Waals surface area contributed by atoms with E-state index in [1.807, 2.05) is 30.6 Å². The summed E-state index contributed by atoms with van der Waals surface area (Å²) in [6.07, 6.45) is 10.2. The molecule has 214 valence electrons. The van der Waals surface area contributed by atoms with E-state index in [2.05, 4.69) is 136 Å². The molecule has 3 aliphatic rings. The molecule has 39 heavy (non-hydrogen) atoms. The lowest BCUT2D eigenvalue weighted by atomic mass is 9.37. The molecule has 2 heterocycles. The van der Waals surface area contributed by atoms with Gasteiger partial charge in [0.15, 0.2) is 0 Å². The van der Waals surface area contributed by atoms with Crippen LogP contribution in [0.5, 0.6) is 0 Å². The molecule has 2 aromatic heterocycles. The van der Waals surface area contributed by atoms with E-state index < -0.39 is 0 Å². The largest absolute Gasteiger partial charge is 0.264 e. The number of hydrogen-bond donors (Lipinski definition) is 0. The van der Waals surface area contributed by atoms with Crippen LogP contribution >= 0.6 is 0 Å². The first-order chi connectivity index (χ1) is 17.9. The maximum absolute atomic E-state index is 4.25. The maximum Gasteiger partial charge on any atom is 0.0457 e. The van der Waals surface area contributed by atoms with Crippen LogP contribution < -0.4 is 0 Å². The molecule has 0 spiro atoms. The Morgan fingerprint density at radius 1 is 0.564 bits per heavy atom. The van der Waals surface area contributed by atoms with Gasteiger partial charge in [-0.1, -0.05) is 126 Å². The first kappa shape index (κ1) is 32.7. The molecule has 0 unspecified atom stereocenters. The second kappa shape index (κ2) is 12.8. The Kier molecular flexibility index (Phi) is 10.7. The number of pyridine rings is 2. The molecular formula is C37H56N2. The van der Waals surface area contributed by atoms with Gasteiger partial charge in [-0.15, -0.1) is 0 Å². The molecule has 3 aromatic rings. The lowest BCUT2D eigenvalue weighted by molar-refractivity contribution is -0.181. The highest BCUT2D eigenvalue weighted by molar-refractivity contribution is 5.22. The quantitative estimate of drug-likeness (QED) is 0.290. The summed E-state index contributed by atoms with van der Waals surface area (Å²) in [6.45, 7) is 26.9. The van der Waals surface area contributed by atoms with Gasteiger partial charge in [-0.3, -0.25) is 9.97 Å². The molecule has 0 atom stereocenters. The van der Waals surface area contributed by atoms with E-state index >= 15 is 0 Å². The smallest absolute Gasteiger partial charge is 0.0457 e. The Labute approximate surface area is 241 Å². The van der Waals surface area contributed by atoms with Crippen LogP contribution in [0.15, 0.2) is 79.3 Å². The average Bonchev–Trinajstić information content (AvgIpc) is 2.77. The van der Waals surface area contributed by atoms with Crippen molar-refractivity contribution in [2.24, 2.45) is 16.7 Å². The van der Waals surface area contributed by atoms with Gasteiger partial charge in [0, 0.05) is 29.7 Å². The van der Waals surface area contributed by atoms with Crippen LogP contribution in [0.25, 0.3) is 0 Å². The molecule has 0 amide bonds. The van der Waals surface area contributed by atoms with Crippen molar-refractivity contribution in [1.29, 1.82) is 0 Å². The molecule has 2 heteroatoms. The van der Waals surface area contributed by atoms with Gasteiger partial charge < -0.3 is 0 Å². The zero-order valence-corrected chi connectivity index (χ0v) is 27.1. The highest BCUT2D eigenvalue weighted by Gasteiger charge is 2.61. The van der Waals surface area contributed by atoms with E-state index in [0.717, 1.165) is 17.0 Å². The van der Waals surface area contributed by atoms with Gasteiger partial charge in [-0.2, -0.15) is 0 Å². The molecule has 0 aliphatic heterocycles. The van der Waals surface area contributed by atoms with E-state index in [0.29, 0.717) is 10.8 Å². The number of rotatable bonds is 0. The van der Waals surface area contributed by atoms with Gasteiger partial charge in [0.25, 0.3) is 0 Å². The fraction of sp³-hybridized carbons (Fsp3) is 0.568. The number of benzene rings is 1. The summed E-state index contributed by atoms with van der Waals surface area (Å²) >= 11 is 0. The van der Waals surface area contributed by atoms with Crippen molar-refractivity contribution in [1.82, 2.24) is 9.97 Å².